The number of aldehydes is 1. The zero-order valence-corrected chi connectivity index (χ0v) is 8.28. The van der Waals surface area contributed by atoms with Crippen LogP contribution in [-0.2, 0) is 0 Å². The van der Waals surface area contributed by atoms with Crippen molar-refractivity contribution >= 4 is 23.3 Å². The molecule has 0 aromatic carbocycles. The highest BCUT2D eigenvalue weighted by Crippen LogP contribution is 2.25. The van der Waals surface area contributed by atoms with E-state index in [0.717, 1.165) is 12.0 Å². The highest BCUT2D eigenvalue weighted by molar-refractivity contribution is 7.12. The Morgan fingerprint density at radius 3 is 2.57 bits per heavy atom. The van der Waals surface area contributed by atoms with Crippen molar-refractivity contribution < 1.29 is 15.0 Å². The number of β-amino-alcohol motifs (C(OH)–C–C–N with tert-alkyl or cyclic N) is 2. The minimum atomic E-state index is -0.686. The third kappa shape index (κ3) is 1.66. The van der Waals surface area contributed by atoms with Gasteiger partial charge in [-0.3, -0.25) is 4.79 Å². The molecule has 2 unspecified atom stereocenters. The van der Waals surface area contributed by atoms with Crippen LogP contribution in [0.3, 0.4) is 0 Å². The van der Waals surface area contributed by atoms with E-state index in [1.807, 2.05) is 10.3 Å². The normalized spacial score (nSPS) is 26.9. The monoisotopic (exact) mass is 213 g/mol. The molecular weight excluding hydrogens is 202 g/mol. The second-order valence-corrected chi connectivity index (χ2v) is 4.31. The van der Waals surface area contributed by atoms with E-state index in [1.54, 1.807) is 6.07 Å². The van der Waals surface area contributed by atoms with Gasteiger partial charge in [0, 0.05) is 24.2 Å². The van der Waals surface area contributed by atoms with Crippen LogP contribution in [0.2, 0.25) is 0 Å². The average Bonchev–Trinajstić information content (AvgIpc) is 2.74. The first kappa shape index (κ1) is 9.64. The van der Waals surface area contributed by atoms with Gasteiger partial charge in [-0.05, 0) is 6.07 Å². The summed E-state index contributed by atoms with van der Waals surface area (Å²) in [7, 11) is 0. The predicted octanol–water partition coefficient (Wildman–Crippen LogP) is 0.102. The Balaban J connectivity index is 2.12. The van der Waals surface area contributed by atoms with Crippen LogP contribution in [0.25, 0.3) is 0 Å². The third-order valence-electron chi connectivity index (χ3n) is 2.35. The molecule has 1 fully saturated rings. The fourth-order valence-corrected chi connectivity index (χ4v) is 2.27. The SMILES string of the molecule is O=Cc1cc(N2CC(O)C(O)C2)cs1. The molecule has 0 amide bonds. The summed E-state index contributed by atoms with van der Waals surface area (Å²) < 4.78 is 0. The fraction of sp³-hybridized carbons (Fsp3) is 0.444. The number of nitrogens with zero attached hydrogens (tertiary/aromatic N) is 1. The van der Waals surface area contributed by atoms with Crippen molar-refractivity contribution in [3.05, 3.63) is 16.3 Å². The van der Waals surface area contributed by atoms with E-state index in [-0.39, 0.29) is 0 Å². The smallest absolute Gasteiger partial charge is 0.160 e. The largest absolute Gasteiger partial charge is 0.389 e. The molecule has 4 nitrogen and oxygen atoms in total. The van der Waals surface area contributed by atoms with E-state index in [1.165, 1.54) is 11.3 Å². The second kappa shape index (κ2) is 3.68. The maximum atomic E-state index is 10.5. The van der Waals surface area contributed by atoms with E-state index in [0.29, 0.717) is 18.0 Å². The molecule has 1 aromatic heterocycles. The quantitative estimate of drug-likeness (QED) is 0.684. The number of carbonyl (C=O) groups is 1. The van der Waals surface area contributed by atoms with Gasteiger partial charge in [0.1, 0.15) is 0 Å². The molecule has 2 heterocycles. The molecule has 0 radical (unpaired) electrons. The number of aliphatic hydroxyl groups excluding tert-OH is 2. The van der Waals surface area contributed by atoms with Gasteiger partial charge in [0.05, 0.1) is 17.1 Å². The van der Waals surface area contributed by atoms with E-state index in [9.17, 15) is 15.0 Å². The van der Waals surface area contributed by atoms with Gasteiger partial charge in [0.25, 0.3) is 0 Å². The number of rotatable bonds is 2. The highest BCUT2D eigenvalue weighted by Gasteiger charge is 2.29. The number of carbonyl (C=O) groups excluding carboxylic acids is 1. The van der Waals surface area contributed by atoms with Gasteiger partial charge in [0.2, 0.25) is 0 Å². The zero-order valence-electron chi connectivity index (χ0n) is 7.46. The fourth-order valence-electron chi connectivity index (χ4n) is 1.55. The zero-order chi connectivity index (χ0) is 10.1. The summed E-state index contributed by atoms with van der Waals surface area (Å²) in [5.41, 5.74) is 0.896. The maximum Gasteiger partial charge on any atom is 0.160 e. The molecule has 1 aliphatic rings. The van der Waals surface area contributed by atoms with E-state index in [2.05, 4.69) is 0 Å². The van der Waals surface area contributed by atoms with Gasteiger partial charge in [-0.15, -0.1) is 11.3 Å². The molecule has 76 valence electrons. The molecule has 2 atom stereocenters. The molecule has 2 rings (SSSR count). The van der Waals surface area contributed by atoms with Crippen molar-refractivity contribution in [3.8, 4) is 0 Å². The number of hydrogen-bond donors (Lipinski definition) is 2. The van der Waals surface area contributed by atoms with Gasteiger partial charge < -0.3 is 15.1 Å². The first-order chi connectivity index (χ1) is 6.70. The molecule has 2 N–H and O–H groups in total. The standard InChI is InChI=1S/C9H11NO3S/c11-4-7-1-6(5-14-7)10-2-8(12)9(13)3-10/h1,4-5,8-9,12-13H,2-3H2. The van der Waals surface area contributed by atoms with Crippen molar-refractivity contribution in [2.24, 2.45) is 0 Å². The van der Waals surface area contributed by atoms with Gasteiger partial charge in [-0.25, -0.2) is 0 Å². The molecular formula is C9H11NO3S. The Hall–Kier alpha value is -0.910. The summed E-state index contributed by atoms with van der Waals surface area (Å²) in [6.45, 7) is 0.854. The Bertz CT molecular complexity index is 329. The van der Waals surface area contributed by atoms with E-state index >= 15 is 0 Å². The summed E-state index contributed by atoms with van der Waals surface area (Å²) in [6, 6.07) is 1.77. The van der Waals surface area contributed by atoms with Crippen LogP contribution in [0.4, 0.5) is 5.69 Å². The Morgan fingerprint density at radius 1 is 1.43 bits per heavy atom. The van der Waals surface area contributed by atoms with Crippen LogP contribution < -0.4 is 4.90 Å². The molecule has 14 heavy (non-hydrogen) atoms. The van der Waals surface area contributed by atoms with E-state index in [4.69, 9.17) is 0 Å². The number of thiophene rings is 1. The van der Waals surface area contributed by atoms with Crippen molar-refractivity contribution in [2.45, 2.75) is 12.2 Å². The van der Waals surface area contributed by atoms with E-state index < -0.39 is 12.2 Å². The lowest BCUT2D eigenvalue weighted by Crippen LogP contribution is -2.22. The lowest BCUT2D eigenvalue weighted by Gasteiger charge is -2.14. The van der Waals surface area contributed by atoms with Crippen LogP contribution in [-0.4, -0.2) is 41.8 Å². The maximum absolute atomic E-state index is 10.5. The summed E-state index contributed by atoms with van der Waals surface area (Å²) >= 11 is 1.37. The van der Waals surface area contributed by atoms with Gasteiger partial charge in [-0.2, -0.15) is 0 Å². The second-order valence-electron chi connectivity index (χ2n) is 3.36. The Labute approximate surface area is 85.4 Å². The summed E-state index contributed by atoms with van der Waals surface area (Å²) in [4.78, 5) is 13.0. The number of anilines is 1. The third-order valence-corrected chi connectivity index (χ3v) is 3.19. The first-order valence-electron chi connectivity index (χ1n) is 4.35. The lowest BCUT2D eigenvalue weighted by atomic mass is 10.3. The van der Waals surface area contributed by atoms with Crippen LogP contribution in [0, 0.1) is 0 Å². The molecule has 0 saturated carbocycles. The molecule has 0 spiro atoms. The molecule has 0 aliphatic carbocycles. The number of hydrogen-bond acceptors (Lipinski definition) is 5. The average molecular weight is 213 g/mol. The molecule has 1 saturated heterocycles. The molecule has 1 aromatic rings. The van der Waals surface area contributed by atoms with Crippen LogP contribution in [0.5, 0.6) is 0 Å². The minimum Gasteiger partial charge on any atom is -0.389 e. The first-order valence-corrected chi connectivity index (χ1v) is 5.23. The lowest BCUT2D eigenvalue weighted by molar-refractivity contribution is 0.0572. The van der Waals surface area contributed by atoms with Crippen LogP contribution in [0.15, 0.2) is 11.4 Å². The van der Waals surface area contributed by atoms with Crippen molar-refractivity contribution in [1.82, 2.24) is 0 Å². The topological polar surface area (TPSA) is 60.8 Å². The summed E-state index contributed by atoms with van der Waals surface area (Å²) in [5, 5.41) is 20.5. The van der Waals surface area contributed by atoms with Crippen molar-refractivity contribution in [1.29, 1.82) is 0 Å². The molecule has 5 heteroatoms. The van der Waals surface area contributed by atoms with Gasteiger partial charge in [0.15, 0.2) is 6.29 Å². The van der Waals surface area contributed by atoms with Gasteiger partial charge in [-0.1, -0.05) is 0 Å². The highest BCUT2D eigenvalue weighted by atomic mass is 32.1. The summed E-state index contributed by atoms with van der Waals surface area (Å²) in [6.07, 6.45) is -0.568. The number of aliphatic hydroxyl groups is 2. The van der Waals surface area contributed by atoms with Crippen LogP contribution in [0.1, 0.15) is 9.67 Å². The van der Waals surface area contributed by atoms with Gasteiger partial charge >= 0.3 is 0 Å². The molecule has 1 aliphatic heterocycles. The Kier molecular flexibility index (Phi) is 2.54. The minimum absolute atomic E-state index is 0.427. The predicted molar refractivity (Wildman–Crippen MR) is 53.9 cm³/mol. The van der Waals surface area contributed by atoms with Crippen LogP contribution >= 0.6 is 11.3 Å². The molecule has 0 bridgehead atoms. The van der Waals surface area contributed by atoms with Crippen molar-refractivity contribution in [2.75, 3.05) is 18.0 Å². The Morgan fingerprint density at radius 2 is 2.07 bits per heavy atom. The summed E-state index contributed by atoms with van der Waals surface area (Å²) in [5.74, 6) is 0. The van der Waals surface area contributed by atoms with Crippen molar-refractivity contribution in [3.63, 3.8) is 0 Å².